The molecule has 0 spiro atoms. The average molecular weight is 368 g/mol. The maximum absolute atomic E-state index is 12.3. The van der Waals surface area contributed by atoms with E-state index >= 15 is 0 Å². The molecular formula is C16H14ClNO5S. The van der Waals surface area contributed by atoms with Gasteiger partial charge in [-0.15, -0.1) is 0 Å². The van der Waals surface area contributed by atoms with E-state index in [-0.39, 0.29) is 16.5 Å². The van der Waals surface area contributed by atoms with Crippen LogP contribution in [0.15, 0.2) is 62.7 Å². The van der Waals surface area contributed by atoms with Gasteiger partial charge in [-0.1, -0.05) is 11.6 Å². The third-order valence-corrected chi connectivity index (χ3v) is 5.03. The Bertz CT molecular complexity index is 931. The third-order valence-electron chi connectivity index (χ3n) is 3.34. The van der Waals surface area contributed by atoms with Crippen LogP contribution in [0.5, 0.6) is 5.75 Å². The first-order chi connectivity index (χ1) is 11.5. The second-order valence-corrected chi connectivity index (χ2v) is 7.07. The molecule has 8 heteroatoms. The normalized spacial score (nSPS) is 11.6. The summed E-state index contributed by atoms with van der Waals surface area (Å²) in [6, 6.07) is 9.46. The van der Waals surface area contributed by atoms with Crippen molar-refractivity contribution in [3.63, 3.8) is 0 Å². The lowest BCUT2D eigenvalue weighted by Gasteiger charge is -2.08. The Labute approximate surface area is 144 Å². The molecule has 2 heterocycles. The predicted molar refractivity (Wildman–Crippen MR) is 88.4 cm³/mol. The van der Waals surface area contributed by atoms with Gasteiger partial charge in [-0.25, -0.2) is 13.1 Å². The van der Waals surface area contributed by atoms with E-state index in [2.05, 4.69) is 4.72 Å². The van der Waals surface area contributed by atoms with Gasteiger partial charge in [-0.2, -0.15) is 0 Å². The third kappa shape index (κ3) is 3.48. The Morgan fingerprint density at radius 2 is 2.04 bits per heavy atom. The first kappa shape index (κ1) is 16.6. The highest BCUT2D eigenvalue weighted by atomic mass is 35.5. The lowest BCUT2D eigenvalue weighted by molar-refractivity contribution is 0.414. The summed E-state index contributed by atoms with van der Waals surface area (Å²) in [6.07, 6.45) is 3.08. The topological polar surface area (TPSA) is 81.7 Å². The summed E-state index contributed by atoms with van der Waals surface area (Å²) in [7, 11) is -2.26. The number of sulfonamides is 1. The van der Waals surface area contributed by atoms with Crippen LogP contribution in [0, 0.1) is 0 Å². The van der Waals surface area contributed by atoms with Crippen molar-refractivity contribution in [3.8, 4) is 17.1 Å². The molecule has 0 atom stereocenters. The van der Waals surface area contributed by atoms with E-state index in [9.17, 15) is 8.42 Å². The molecule has 2 aromatic heterocycles. The molecule has 0 radical (unpaired) electrons. The second-order valence-electron chi connectivity index (χ2n) is 4.90. The van der Waals surface area contributed by atoms with E-state index in [1.807, 2.05) is 0 Å². The maximum Gasteiger partial charge on any atom is 0.241 e. The molecule has 0 aliphatic rings. The molecule has 126 valence electrons. The Hall–Kier alpha value is -2.22. The van der Waals surface area contributed by atoms with Gasteiger partial charge in [0.15, 0.2) is 0 Å². The second kappa shape index (κ2) is 6.72. The minimum Gasteiger partial charge on any atom is -0.495 e. The van der Waals surface area contributed by atoms with Crippen molar-refractivity contribution in [2.24, 2.45) is 0 Å². The van der Waals surface area contributed by atoms with Crippen LogP contribution in [0.3, 0.4) is 0 Å². The average Bonchev–Trinajstić information content (AvgIpc) is 3.24. The summed E-state index contributed by atoms with van der Waals surface area (Å²) in [6.45, 7) is 0.0177. The Morgan fingerprint density at radius 3 is 2.71 bits per heavy atom. The van der Waals surface area contributed by atoms with Crippen LogP contribution in [-0.4, -0.2) is 15.5 Å². The Balaban J connectivity index is 1.72. The highest BCUT2D eigenvalue weighted by Gasteiger charge is 2.17. The lowest BCUT2D eigenvalue weighted by Crippen LogP contribution is -2.23. The standard InChI is InChI=1S/C16H14ClNO5S/c1-21-16-5-3-13(8-14(16)17)24(19,20)18-9-12-2-4-15(23-12)11-6-7-22-10-11/h2-8,10,18H,9H2,1H3. The summed E-state index contributed by atoms with van der Waals surface area (Å²) in [5, 5.41) is 0.223. The van der Waals surface area contributed by atoms with Crippen LogP contribution >= 0.6 is 11.6 Å². The SMILES string of the molecule is COc1ccc(S(=O)(=O)NCc2ccc(-c3ccoc3)o2)cc1Cl. The summed E-state index contributed by atoms with van der Waals surface area (Å²) in [4.78, 5) is 0.0508. The molecule has 0 amide bonds. The van der Waals surface area contributed by atoms with Crippen LogP contribution < -0.4 is 9.46 Å². The van der Waals surface area contributed by atoms with Crippen LogP contribution in [0.4, 0.5) is 0 Å². The van der Waals surface area contributed by atoms with Gasteiger partial charge >= 0.3 is 0 Å². The zero-order valence-electron chi connectivity index (χ0n) is 12.7. The van der Waals surface area contributed by atoms with Gasteiger partial charge < -0.3 is 13.6 Å². The first-order valence-electron chi connectivity index (χ1n) is 6.94. The zero-order valence-corrected chi connectivity index (χ0v) is 14.2. The molecule has 0 aliphatic carbocycles. The number of hydrogen-bond acceptors (Lipinski definition) is 5. The summed E-state index contributed by atoms with van der Waals surface area (Å²) in [5.41, 5.74) is 0.783. The summed E-state index contributed by atoms with van der Waals surface area (Å²) >= 11 is 5.97. The number of hydrogen-bond donors (Lipinski definition) is 1. The minimum atomic E-state index is -3.72. The van der Waals surface area contributed by atoms with Gasteiger partial charge in [0.25, 0.3) is 0 Å². The quantitative estimate of drug-likeness (QED) is 0.718. The highest BCUT2D eigenvalue weighted by molar-refractivity contribution is 7.89. The number of halogens is 1. The van der Waals surface area contributed by atoms with Gasteiger partial charge in [-0.05, 0) is 36.4 Å². The first-order valence-corrected chi connectivity index (χ1v) is 8.80. The molecule has 1 aromatic carbocycles. The molecule has 1 N–H and O–H groups in total. The fraction of sp³-hybridized carbons (Fsp3) is 0.125. The van der Waals surface area contributed by atoms with Gasteiger partial charge in [0.1, 0.15) is 23.5 Å². The molecule has 6 nitrogen and oxygen atoms in total. The van der Waals surface area contributed by atoms with Crippen LogP contribution in [0.2, 0.25) is 5.02 Å². The number of nitrogens with one attached hydrogen (secondary N) is 1. The van der Waals surface area contributed by atoms with Gasteiger partial charge in [0.2, 0.25) is 10.0 Å². The zero-order chi connectivity index (χ0) is 17.2. The van der Waals surface area contributed by atoms with Crippen LogP contribution in [-0.2, 0) is 16.6 Å². The van der Waals surface area contributed by atoms with Crippen molar-refractivity contribution in [3.05, 3.63) is 59.7 Å². The summed E-state index contributed by atoms with van der Waals surface area (Å²) < 4.78 is 42.7. The maximum atomic E-state index is 12.3. The molecule has 3 rings (SSSR count). The molecular weight excluding hydrogens is 354 g/mol. The van der Waals surface area contributed by atoms with Crippen molar-refractivity contribution in [2.45, 2.75) is 11.4 Å². The van der Waals surface area contributed by atoms with E-state index in [1.54, 1.807) is 24.5 Å². The van der Waals surface area contributed by atoms with E-state index in [0.717, 1.165) is 5.56 Å². The van der Waals surface area contributed by atoms with Gasteiger partial charge in [0.05, 0.1) is 35.4 Å². The van der Waals surface area contributed by atoms with E-state index in [1.165, 1.54) is 31.6 Å². The van der Waals surface area contributed by atoms with Crippen molar-refractivity contribution in [1.82, 2.24) is 4.72 Å². The fourth-order valence-electron chi connectivity index (χ4n) is 2.10. The molecule has 0 aliphatic heterocycles. The molecule has 3 aromatic rings. The summed E-state index contributed by atoms with van der Waals surface area (Å²) in [5.74, 6) is 1.49. The highest BCUT2D eigenvalue weighted by Crippen LogP contribution is 2.27. The van der Waals surface area contributed by atoms with E-state index in [0.29, 0.717) is 17.3 Å². The van der Waals surface area contributed by atoms with Gasteiger partial charge in [0, 0.05) is 0 Å². The molecule has 0 saturated heterocycles. The number of methoxy groups -OCH3 is 1. The minimum absolute atomic E-state index is 0.0177. The number of furan rings is 2. The van der Waals surface area contributed by atoms with E-state index < -0.39 is 10.0 Å². The molecule has 0 bridgehead atoms. The number of ether oxygens (including phenoxy) is 1. The van der Waals surface area contributed by atoms with E-state index in [4.69, 9.17) is 25.2 Å². The molecule has 0 saturated carbocycles. The van der Waals surface area contributed by atoms with Crippen LogP contribution in [0.1, 0.15) is 5.76 Å². The number of benzene rings is 1. The van der Waals surface area contributed by atoms with Crippen molar-refractivity contribution in [2.75, 3.05) is 7.11 Å². The fourth-order valence-corrected chi connectivity index (χ4v) is 3.44. The monoisotopic (exact) mass is 367 g/mol. The van der Waals surface area contributed by atoms with Crippen molar-refractivity contribution < 1.29 is 22.0 Å². The Kier molecular flexibility index (Phi) is 4.66. The van der Waals surface area contributed by atoms with Gasteiger partial charge in [-0.3, -0.25) is 0 Å². The van der Waals surface area contributed by atoms with Crippen molar-refractivity contribution >= 4 is 21.6 Å². The predicted octanol–water partition coefficient (Wildman–Crippen LogP) is 3.68. The Morgan fingerprint density at radius 1 is 1.21 bits per heavy atom. The molecule has 0 unspecified atom stereocenters. The lowest BCUT2D eigenvalue weighted by atomic mass is 10.3. The van der Waals surface area contributed by atoms with Crippen molar-refractivity contribution in [1.29, 1.82) is 0 Å². The molecule has 24 heavy (non-hydrogen) atoms. The van der Waals surface area contributed by atoms with Crippen LogP contribution in [0.25, 0.3) is 11.3 Å². The largest absolute Gasteiger partial charge is 0.495 e. The number of rotatable bonds is 6. The molecule has 0 fully saturated rings. The smallest absolute Gasteiger partial charge is 0.241 e.